The van der Waals surface area contributed by atoms with E-state index >= 15 is 0 Å². The van der Waals surface area contributed by atoms with Gasteiger partial charge in [-0.25, -0.2) is 0 Å². The van der Waals surface area contributed by atoms with Gasteiger partial charge in [-0.1, -0.05) is 36.7 Å². The van der Waals surface area contributed by atoms with Crippen LogP contribution in [0.2, 0.25) is 0 Å². The third-order valence-electron chi connectivity index (χ3n) is 2.30. The molecule has 0 radical (unpaired) electrons. The Bertz CT molecular complexity index is 342. The average Bonchev–Trinajstić information content (AvgIpc) is 2.27. The Morgan fingerprint density at radius 1 is 1.50 bits per heavy atom. The van der Waals surface area contributed by atoms with Crippen LogP contribution in [0.1, 0.15) is 30.5 Å². The van der Waals surface area contributed by atoms with Crippen LogP contribution < -0.4 is 5.73 Å². The van der Waals surface area contributed by atoms with Crippen molar-refractivity contribution in [2.45, 2.75) is 26.8 Å². The molecule has 0 saturated carbocycles. The van der Waals surface area contributed by atoms with Gasteiger partial charge in [-0.05, 0) is 36.1 Å². The Labute approximate surface area is 90.6 Å². The second-order valence-corrected chi connectivity index (χ2v) is 3.59. The summed E-state index contributed by atoms with van der Waals surface area (Å²) in [4.78, 5) is 0. The molecule has 1 nitrogen and oxygen atoms in total. The summed E-state index contributed by atoms with van der Waals surface area (Å²) in [6.45, 7) is 4.63. The van der Waals surface area contributed by atoms with Crippen molar-refractivity contribution in [1.29, 1.82) is 0 Å². The molecule has 1 aromatic carbocycles. The lowest BCUT2D eigenvalue weighted by atomic mass is 10.0. The first-order valence-corrected chi connectivity index (χ1v) is 5.24. The van der Waals surface area contributed by atoms with Crippen molar-refractivity contribution < 1.29 is 0 Å². The SMILES string of the molecule is C/C=C(/Cl)c1cc(CN)ccc1CC. The fraction of sp³-hybridized carbons (Fsp3) is 0.333. The minimum Gasteiger partial charge on any atom is -0.326 e. The molecule has 0 unspecified atom stereocenters. The molecule has 0 fully saturated rings. The van der Waals surface area contributed by atoms with Crippen LogP contribution in [0.4, 0.5) is 0 Å². The van der Waals surface area contributed by atoms with Crippen LogP contribution in [0.5, 0.6) is 0 Å². The van der Waals surface area contributed by atoms with E-state index in [4.69, 9.17) is 17.3 Å². The summed E-state index contributed by atoms with van der Waals surface area (Å²) in [5, 5.41) is 0.803. The molecule has 14 heavy (non-hydrogen) atoms. The van der Waals surface area contributed by atoms with Crippen molar-refractivity contribution in [2.24, 2.45) is 5.73 Å². The van der Waals surface area contributed by atoms with Gasteiger partial charge in [0.05, 0.1) is 0 Å². The molecule has 1 rings (SSSR count). The van der Waals surface area contributed by atoms with E-state index in [1.54, 1.807) is 0 Å². The number of hydrogen-bond donors (Lipinski definition) is 1. The quantitative estimate of drug-likeness (QED) is 0.812. The predicted molar refractivity (Wildman–Crippen MR) is 63.2 cm³/mol. The lowest BCUT2D eigenvalue weighted by Crippen LogP contribution is -1.98. The van der Waals surface area contributed by atoms with Gasteiger partial charge in [-0.2, -0.15) is 0 Å². The number of hydrogen-bond acceptors (Lipinski definition) is 1. The van der Waals surface area contributed by atoms with Gasteiger partial charge >= 0.3 is 0 Å². The number of allylic oxidation sites excluding steroid dienone is 1. The fourth-order valence-electron chi connectivity index (χ4n) is 1.44. The van der Waals surface area contributed by atoms with Crippen molar-refractivity contribution in [3.05, 3.63) is 41.0 Å². The topological polar surface area (TPSA) is 26.0 Å². The Morgan fingerprint density at radius 2 is 2.21 bits per heavy atom. The number of rotatable bonds is 3. The summed E-state index contributed by atoms with van der Waals surface area (Å²) in [6, 6.07) is 6.23. The molecule has 0 aliphatic rings. The van der Waals surface area contributed by atoms with Crippen molar-refractivity contribution >= 4 is 16.6 Å². The average molecular weight is 210 g/mol. The largest absolute Gasteiger partial charge is 0.326 e. The zero-order chi connectivity index (χ0) is 10.6. The van der Waals surface area contributed by atoms with E-state index in [1.807, 2.05) is 13.0 Å². The van der Waals surface area contributed by atoms with Gasteiger partial charge in [-0.3, -0.25) is 0 Å². The van der Waals surface area contributed by atoms with Crippen LogP contribution in [0.15, 0.2) is 24.3 Å². The van der Waals surface area contributed by atoms with Gasteiger partial charge in [0.1, 0.15) is 0 Å². The third-order valence-corrected chi connectivity index (χ3v) is 2.72. The van der Waals surface area contributed by atoms with Crippen LogP contribution in [0, 0.1) is 0 Å². The van der Waals surface area contributed by atoms with E-state index in [0.29, 0.717) is 6.54 Å². The highest BCUT2D eigenvalue weighted by Crippen LogP contribution is 2.24. The number of halogens is 1. The van der Waals surface area contributed by atoms with E-state index in [2.05, 4.69) is 25.1 Å². The van der Waals surface area contributed by atoms with Crippen LogP contribution in [-0.2, 0) is 13.0 Å². The zero-order valence-corrected chi connectivity index (χ0v) is 9.43. The van der Waals surface area contributed by atoms with E-state index in [0.717, 1.165) is 22.6 Å². The minimum absolute atomic E-state index is 0.560. The lowest BCUT2D eigenvalue weighted by molar-refractivity contribution is 1.05. The summed E-state index contributed by atoms with van der Waals surface area (Å²) in [7, 11) is 0. The second-order valence-electron chi connectivity index (χ2n) is 3.19. The maximum atomic E-state index is 6.12. The zero-order valence-electron chi connectivity index (χ0n) is 8.68. The monoisotopic (exact) mass is 209 g/mol. The molecule has 0 aliphatic carbocycles. The number of aryl methyl sites for hydroxylation is 1. The molecule has 0 aromatic heterocycles. The standard InChI is InChI=1S/C12H16ClN/c1-3-10-6-5-9(8-14)7-11(10)12(13)4-2/h4-7H,3,8,14H2,1-2H3/b12-4+. The van der Waals surface area contributed by atoms with E-state index in [1.165, 1.54) is 5.56 Å². The molecule has 0 atom stereocenters. The summed E-state index contributed by atoms with van der Waals surface area (Å²) in [5.41, 5.74) is 9.09. The van der Waals surface area contributed by atoms with Gasteiger partial charge in [0, 0.05) is 11.6 Å². The highest BCUT2D eigenvalue weighted by Gasteiger charge is 2.04. The first-order chi connectivity index (χ1) is 6.72. The van der Waals surface area contributed by atoms with Crippen molar-refractivity contribution in [1.82, 2.24) is 0 Å². The molecule has 0 aliphatic heterocycles. The number of nitrogens with two attached hydrogens (primary N) is 1. The first-order valence-electron chi connectivity index (χ1n) is 4.87. The maximum absolute atomic E-state index is 6.12. The van der Waals surface area contributed by atoms with Gasteiger partial charge in [-0.15, -0.1) is 0 Å². The van der Waals surface area contributed by atoms with E-state index < -0.39 is 0 Å². The molecular weight excluding hydrogens is 194 g/mol. The van der Waals surface area contributed by atoms with E-state index in [-0.39, 0.29) is 0 Å². The molecule has 0 heterocycles. The highest BCUT2D eigenvalue weighted by atomic mass is 35.5. The van der Waals surface area contributed by atoms with Crippen molar-refractivity contribution in [3.63, 3.8) is 0 Å². The Hall–Kier alpha value is -0.790. The summed E-state index contributed by atoms with van der Waals surface area (Å²) in [5.74, 6) is 0. The van der Waals surface area contributed by atoms with E-state index in [9.17, 15) is 0 Å². The summed E-state index contributed by atoms with van der Waals surface area (Å²) < 4.78 is 0. The van der Waals surface area contributed by atoms with Gasteiger partial charge < -0.3 is 5.73 Å². The fourth-order valence-corrected chi connectivity index (χ4v) is 1.61. The molecule has 0 saturated heterocycles. The highest BCUT2D eigenvalue weighted by molar-refractivity contribution is 6.48. The molecule has 0 spiro atoms. The molecule has 76 valence electrons. The smallest absolute Gasteiger partial charge is 0.0438 e. The van der Waals surface area contributed by atoms with Crippen LogP contribution in [0.25, 0.3) is 5.03 Å². The minimum atomic E-state index is 0.560. The lowest BCUT2D eigenvalue weighted by Gasteiger charge is -2.08. The maximum Gasteiger partial charge on any atom is 0.0438 e. The second kappa shape index (κ2) is 5.18. The van der Waals surface area contributed by atoms with Crippen molar-refractivity contribution in [2.75, 3.05) is 0 Å². The molecule has 0 bridgehead atoms. The normalized spacial score (nSPS) is 11.9. The summed E-state index contributed by atoms with van der Waals surface area (Å²) >= 11 is 6.12. The predicted octanol–water partition coefficient (Wildman–Crippen LogP) is 3.31. The van der Waals surface area contributed by atoms with Crippen LogP contribution in [-0.4, -0.2) is 0 Å². The first kappa shape index (κ1) is 11.3. The molecule has 2 heteroatoms. The Morgan fingerprint density at radius 3 is 2.71 bits per heavy atom. The molecular formula is C12H16ClN. The summed E-state index contributed by atoms with van der Waals surface area (Å²) in [6.07, 6.45) is 2.90. The van der Waals surface area contributed by atoms with Gasteiger partial charge in [0.2, 0.25) is 0 Å². The molecule has 0 amide bonds. The Balaban J connectivity index is 3.21. The van der Waals surface area contributed by atoms with Gasteiger partial charge in [0.25, 0.3) is 0 Å². The third kappa shape index (κ3) is 2.37. The van der Waals surface area contributed by atoms with Crippen LogP contribution in [0.3, 0.4) is 0 Å². The van der Waals surface area contributed by atoms with Gasteiger partial charge in [0.15, 0.2) is 0 Å². The van der Waals surface area contributed by atoms with Crippen molar-refractivity contribution in [3.8, 4) is 0 Å². The number of benzene rings is 1. The van der Waals surface area contributed by atoms with Crippen LogP contribution >= 0.6 is 11.6 Å². The molecule has 1 aromatic rings. The Kier molecular flexibility index (Phi) is 4.18. The molecule has 2 N–H and O–H groups in total.